The van der Waals surface area contributed by atoms with E-state index in [0.29, 0.717) is 6.42 Å². The maximum Gasteiger partial charge on any atom is 0.238 e. The molecular weight excluding hydrogens is 233 g/mol. The number of para-hydroxylation sites is 1. The topological polar surface area (TPSA) is 56.1 Å². The van der Waals surface area contributed by atoms with Crippen LogP contribution in [-0.4, -0.2) is 30.4 Å². The molecule has 1 unspecified atom stereocenters. The minimum absolute atomic E-state index is 0.0126. The van der Waals surface area contributed by atoms with E-state index in [4.69, 9.17) is 5.26 Å². The van der Waals surface area contributed by atoms with Gasteiger partial charge in [-0.15, -0.1) is 0 Å². The van der Waals surface area contributed by atoms with Gasteiger partial charge >= 0.3 is 0 Å². The number of nitrogens with one attached hydrogen (secondary N) is 1. The van der Waals surface area contributed by atoms with Crippen LogP contribution in [0.15, 0.2) is 24.3 Å². The van der Waals surface area contributed by atoms with E-state index in [9.17, 15) is 9.18 Å². The van der Waals surface area contributed by atoms with Crippen molar-refractivity contribution < 1.29 is 9.18 Å². The minimum Gasteiger partial charge on any atom is -0.322 e. The normalized spacial score (nSPS) is 11.9. The second kappa shape index (κ2) is 6.72. The molecule has 0 radical (unpaired) electrons. The average molecular weight is 249 g/mol. The third kappa shape index (κ3) is 4.15. The van der Waals surface area contributed by atoms with Gasteiger partial charge in [0.15, 0.2) is 0 Å². The molecule has 5 heteroatoms. The third-order valence-corrected chi connectivity index (χ3v) is 2.68. The standard InChI is InChI=1S/C13H16FN3O/c1-10(7-8-15)17(2)9-13(18)16-12-6-4-3-5-11(12)14/h3-6,10H,7,9H2,1-2H3,(H,16,18). The van der Waals surface area contributed by atoms with Gasteiger partial charge < -0.3 is 5.32 Å². The van der Waals surface area contributed by atoms with Crippen LogP contribution in [0, 0.1) is 17.1 Å². The summed E-state index contributed by atoms with van der Waals surface area (Å²) in [6.07, 6.45) is 0.351. The van der Waals surface area contributed by atoms with E-state index >= 15 is 0 Å². The van der Waals surface area contributed by atoms with Gasteiger partial charge in [-0.2, -0.15) is 5.26 Å². The van der Waals surface area contributed by atoms with Crippen molar-refractivity contribution in [3.8, 4) is 6.07 Å². The zero-order valence-corrected chi connectivity index (χ0v) is 10.5. The molecule has 0 saturated heterocycles. The SMILES string of the molecule is CC(CC#N)N(C)CC(=O)Nc1ccccc1F. The molecule has 1 atom stereocenters. The van der Waals surface area contributed by atoms with Crippen molar-refractivity contribution >= 4 is 11.6 Å². The fourth-order valence-corrected chi connectivity index (χ4v) is 1.42. The van der Waals surface area contributed by atoms with Crippen LogP contribution in [0.5, 0.6) is 0 Å². The van der Waals surface area contributed by atoms with Crippen molar-refractivity contribution in [2.75, 3.05) is 18.9 Å². The van der Waals surface area contributed by atoms with Crippen LogP contribution >= 0.6 is 0 Å². The largest absolute Gasteiger partial charge is 0.322 e. The molecule has 0 heterocycles. The lowest BCUT2D eigenvalue weighted by molar-refractivity contribution is -0.117. The highest BCUT2D eigenvalue weighted by atomic mass is 19.1. The highest BCUT2D eigenvalue weighted by Crippen LogP contribution is 2.12. The van der Waals surface area contributed by atoms with Crippen molar-refractivity contribution in [3.05, 3.63) is 30.1 Å². The van der Waals surface area contributed by atoms with Gasteiger partial charge in [0.2, 0.25) is 5.91 Å². The average Bonchev–Trinajstić information content (AvgIpc) is 2.32. The van der Waals surface area contributed by atoms with Crippen molar-refractivity contribution in [1.29, 1.82) is 5.26 Å². The lowest BCUT2D eigenvalue weighted by Crippen LogP contribution is -2.36. The summed E-state index contributed by atoms with van der Waals surface area (Å²) in [7, 11) is 1.75. The Balaban J connectivity index is 2.52. The van der Waals surface area contributed by atoms with Gasteiger partial charge in [0.25, 0.3) is 0 Å². The van der Waals surface area contributed by atoms with Crippen LogP contribution < -0.4 is 5.32 Å². The molecule has 0 fully saturated rings. The first kappa shape index (κ1) is 14.1. The molecule has 1 aromatic carbocycles. The number of likely N-dealkylation sites (N-methyl/N-ethyl adjacent to an activating group) is 1. The van der Waals surface area contributed by atoms with Crippen LogP contribution in [0.1, 0.15) is 13.3 Å². The molecule has 0 spiro atoms. The first-order valence-electron chi connectivity index (χ1n) is 5.66. The van der Waals surface area contributed by atoms with Crippen molar-refractivity contribution in [2.45, 2.75) is 19.4 Å². The summed E-state index contributed by atoms with van der Waals surface area (Å²) < 4.78 is 13.3. The Hall–Kier alpha value is -1.93. The zero-order valence-electron chi connectivity index (χ0n) is 10.5. The van der Waals surface area contributed by atoms with Crippen molar-refractivity contribution in [3.63, 3.8) is 0 Å². The van der Waals surface area contributed by atoms with E-state index in [1.165, 1.54) is 12.1 Å². The Morgan fingerprint density at radius 3 is 2.83 bits per heavy atom. The van der Waals surface area contributed by atoms with E-state index in [1.807, 2.05) is 13.0 Å². The van der Waals surface area contributed by atoms with E-state index < -0.39 is 5.82 Å². The summed E-state index contributed by atoms with van der Waals surface area (Å²) in [5, 5.41) is 11.1. The molecule has 0 bridgehead atoms. The number of nitriles is 1. The number of halogens is 1. The lowest BCUT2D eigenvalue weighted by Gasteiger charge is -2.21. The quantitative estimate of drug-likeness (QED) is 0.868. The van der Waals surface area contributed by atoms with Gasteiger partial charge in [-0.05, 0) is 26.1 Å². The maximum atomic E-state index is 13.3. The molecule has 1 amide bonds. The Labute approximate surface area is 106 Å². The molecule has 1 aromatic rings. The van der Waals surface area contributed by atoms with E-state index in [2.05, 4.69) is 5.32 Å². The summed E-state index contributed by atoms with van der Waals surface area (Å²) in [6.45, 7) is 1.98. The van der Waals surface area contributed by atoms with Gasteiger partial charge in [-0.25, -0.2) is 4.39 Å². The predicted octanol–water partition coefficient (Wildman–Crippen LogP) is 2.00. The van der Waals surface area contributed by atoms with Crippen molar-refractivity contribution in [1.82, 2.24) is 4.90 Å². The maximum absolute atomic E-state index is 13.3. The number of hydrogen-bond donors (Lipinski definition) is 1. The summed E-state index contributed by atoms with van der Waals surface area (Å²) in [5.74, 6) is -0.758. The van der Waals surface area contributed by atoms with Crippen LogP contribution in [-0.2, 0) is 4.79 Å². The van der Waals surface area contributed by atoms with Crippen LogP contribution in [0.4, 0.5) is 10.1 Å². The van der Waals surface area contributed by atoms with Crippen LogP contribution in [0.3, 0.4) is 0 Å². The molecule has 0 aliphatic rings. The summed E-state index contributed by atoms with van der Waals surface area (Å²) in [6, 6.07) is 8.04. The number of amides is 1. The van der Waals surface area contributed by atoms with Crippen LogP contribution in [0.2, 0.25) is 0 Å². The monoisotopic (exact) mass is 249 g/mol. The van der Waals surface area contributed by atoms with Gasteiger partial charge in [-0.3, -0.25) is 9.69 Å². The Kier molecular flexibility index (Phi) is 5.28. The molecular formula is C13H16FN3O. The second-order valence-corrected chi connectivity index (χ2v) is 4.15. The molecule has 0 aliphatic heterocycles. The second-order valence-electron chi connectivity index (χ2n) is 4.15. The lowest BCUT2D eigenvalue weighted by atomic mass is 10.2. The zero-order chi connectivity index (χ0) is 13.5. The molecule has 0 saturated carbocycles. The molecule has 96 valence electrons. The van der Waals surface area contributed by atoms with Gasteiger partial charge in [0.1, 0.15) is 5.82 Å². The third-order valence-electron chi connectivity index (χ3n) is 2.68. The first-order valence-corrected chi connectivity index (χ1v) is 5.66. The molecule has 0 aromatic heterocycles. The first-order chi connectivity index (χ1) is 8.54. The number of carbonyl (C=O) groups excluding carboxylic acids is 1. The summed E-state index contributed by atoms with van der Waals surface area (Å²) in [5.41, 5.74) is 0.170. The molecule has 0 aliphatic carbocycles. The number of anilines is 1. The van der Waals surface area contributed by atoms with Gasteiger partial charge in [0.05, 0.1) is 24.7 Å². The highest BCUT2D eigenvalue weighted by Gasteiger charge is 2.13. The van der Waals surface area contributed by atoms with Crippen LogP contribution in [0.25, 0.3) is 0 Å². The molecule has 1 rings (SSSR count). The Morgan fingerprint density at radius 1 is 1.56 bits per heavy atom. The smallest absolute Gasteiger partial charge is 0.238 e. The fourth-order valence-electron chi connectivity index (χ4n) is 1.42. The van der Waals surface area contributed by atoms with E-state index in [-0.39, 0.29) is 24.2 Å². The number of carbonyl (C=O) groups is 1. The molecule has 1 N–H and O–H groups in total. The number of nitrogens with zero attached hydrogens (tertiary/aromatic N) is 2. The van der Waals surface area contributed by atoms with Crippen molar-refractivity contribution in [2.24, 2.45) is 0 Å². The van der Waals surface area contributed by atoms with E-state index in [1.54, 1.807) is 24.1 Å². The summed E-state index contributed by atoms with van der Waals surface area (Å²) >= 11 is 0. The highest BCUT2D eigenvalue weighted by molar-refractivity contribution is 5.92. The van der Waals surface area contributed by atoms with E-state index in [0.717, 1.165) is 0 Å². The predicted molar refractivity (Wildman–Crippen MR) is 67.4 cm³/mol. The number of benzene rings is 1. The Bertz CT molecular complexity index is 456. The number of rotatable bonds is 5. The Morgan fingerprint density at radius 2 is 2.22 bits per heavy atom. The fraction of sp³-hybridized carbons (Fsp3) is 0.385. The molecule has 4 nitrogen and oxygen atoms in total. The number of hydrogen-bond acceptors (Lipinski definition) is 3. The van der Waals surface area contributed by atoms with Gasteiger partial charge in [-0.1, -0.05) is 12.1 Å². The molecule has 18 heavy (non-hydrogen) atoms. The minimum atomic E-state index is -0.460. The summed E-state index contributed by atoms with van der Waals surface area (Å²) in [4.78, 5) is 13.4. The van der Waals surface area contributed by atoms with Gasteiger partial charge in [0, 0.05) is 6.04 Å².